The average molecular weight is 341 g/mol. The minimum Gasteiger partial charge on any atom is -0.491 e. The molecule has 0 amide bonds. The van der Waals surface area contributed by atoms with Crippen LogP contribution in [-0.2, 0) is 27.6 Å². The molecule has 1 aliphatic heterocycles. The number of hydrogen-bond donors (Lipinski definition) is 1. The number of ether oxygens (including phenoxy) is 1. The van der Waals surface area contributed by atoms with Gasteiger partial charge in [-0.05, 0) is 25.5 Å². The van der Waals surface area contributed by atoms with Crippen LogP contribution in [-0.4, -0.2) is 55.1 Å². The van der Waals surface area contributed by atoms with Crippen LogP contribution in [0.15, 0.2) is 18.2 Å². The van der Waals surface area contributed by atoms with Crippen molar-refractivity contribution in [2.45, 2.75) is 32.9 Å². The maximum Gasteiger partial charge on any atom is 0.307 e. The lowest BCUT2D eigenvalue weighted by molar-refractivity contribution is -0.136. The molecule has 0 radical (unpaired) electrons. The van der Waals surface area contributed by atoms with Crippen LogP contribution in [0.2, 0.25) is 0 Å². The van der Waals surface area contributed by atoms with E-state index in [1.54, 1.807) is 12.1 Å². The van der Waals surface area contributed by atoms with Crippen molar-refractivity contribution in [2.75, 3.05) is 24.6 Å². The molecule has 128 valence electrons. The molecule has 0 unspecified atom stereocenters. The van der Waals surface area contributed by atoms with E-state index in [2.05, 4.69) is 4.90 Å². The minimum atomic E-state index is -2.91. The van der Waals surface area contributed by atoms with E-state index in [-0.39, 0.29) is 24.0 Å². The van der Waals surface area contributed by atoms with Gasteiger partial charge in [0, 0.05) is 25.2 Å². The topological polar surface area (TPSA) is 83.9 Å². The summed E-state index contributed by atoms with van der Waals surface area (Å²) in [7, 11) is -2.91. The molecule has 0 aliphatic carbocycles. The van der Waals surface area contributed by atoms with E-state index in [0.717, 1.165) is 11.3 Å². The Morgan fingerprint density at radius 2 is 1.96 bits per heavy atom. The second-order valence-corrected chi connectivity index (χ2v) is 8.41. The number of hydrogen-bond acceptors (Lipinski definition) is 5. The molecule has 1 aliphatic rings. The molecule has 1 saturated heterocycles. The van der Waals surface area contributed by atoms with Gasteiger partial charge in [0.05, 0.1) is 24.0 Å². The third-order valence-electron chi connectivity index (χ3n) is 3.67. The Kier molecular flexibility index (Phi) is 5.64. The highest BCUT2D eigenvalue weighted by atomic mass is 32.2. The molecule has 1 fully saturated rings. The van der Waals surface area contributed by atoms with E-state index in [1.807, 2.05) is 19.9 Å². The summed E-state index contributed by atoms with van der Waals surface area (Å²) in [5, 5.41) is 8.94. The zero-order chi connectivity index (χ0) is 17.0. The summed E-state index contributed by atoms with van der Waals surface area (Å²) in [6.45, 7) is 5.41. The Hall–Kier alpha value is -1.60. The van der Waals surface area contributed by atoms with Crippen LogP contribution in [0.3, 0.4) is 0 Å². The van der Waals surface area contributed by atoms with Crippen LogP contribution < -0.4 is 4.74 Å². The fourth-order valence-corrected chi connectivity index (χ4v) is 3.84. The number of sulfone groups is 1. The molecule has 0 bridgehead atoms. The van der Waals surface area contributed by atoms with Crippen LogP contribution in [0.4, 0.5) is 0 Å². The molecule has 0 atom stereocenters. The molecule has 2 rings (SSSR count). The first-order chi connectivity index (χ1) is 10.7. The number of carboxylic acids is 1. The summed E-state index contributed by atoms with van der Waals surface area (Å²) < 4.78 is 28.8. The van der Waals surface area contributed by atoms with Crippen LogP contribution in [0.5, 0.6) is 5.75 Å². The fraction of sp³-hybridized carbons (Fsp3) is 0.562. The summed E-state index contributed by atoms with van der Waals surface area (Å²) in [5.74, 6) is 0.185. The minimum absolute atomic E-state index is 0.0146. The lowest BCUT2D eigenvalue weighted by Gasteiger charge is -2.27. The predicted octanol–water partition coefficient (Wildman–Crippen LogP) is 1.33. The summed E-state index contributed by atoms with van der Waals surface area (Å²) in [6.07, 6.45) is -0.0237. The van der Waals surface area contributed by atoms with Crippen molar-refractivity contribution in [1.29, 1.82) is 0 Å². The molecule has 0 saturated carbocycles. The van der Waals surface area contributed by atoms with E-state index in [0.29, 0.717) is 25.2 Å². The van der Waals surface area contributed by atoms with Crippen LogP contribution >= 0.6 is 0 Å². The molecular formula is C16H23NO5S. The average Bonchev–Trinajstić information content (AvgIpc) is 2.43. The molecule has 1 aromatic carbocycles. The Bertz CT molecular complexity index is 655. The van der Waals surface area contributed by atoms with Gasteiger partial charge < -0.3 is 9.84 Å². The highest BCUT2D eigenvalue weighted by molar-refractivity contribution is 7.91. The number of nitrogens with zero attached hydrogens (tertiary/aromatic N) is 1. The highest BCUT2D eigenvalue weighted by Crippen LogP contribution is 2.24. The molecule has 1 aromatic rings. The van der Waals surface area contributed by atoms with Crippen molar-refractivity contribution < 1.29 is 23.1 Å². The smallest absolute Gasteiger partial charge is 0.307 e. The van der Waals surface area contributed by atoms with Crippen molar-refractivity contribution in [3.05, 3.63) is 29.3 Å². The normalized spacial score (nSPS) is 18.0. The molecule has 1 heterocycles. The van der Waals surface area contributed by atoms with E-state index < -0.39 is 15.8 Å². The van der Waals surface area contributed by atoms with Crippen molar-refractivity contribution >= 4 is 15.8 Å². The zero-order valence-corrected chi connectivity index (χ0v) is 14.3. The lowest BCUT2D eigenvalue weighted by atomic mass is 10.1. The number of aliphatic carboxylic acids is 1. The van der Waals surface area contributed by atoms with E-state index >= 15 is 0 Å². The molecule has 23 heavy (non-hydrogen) atoms. The van der Waals surface area contributed by atoms with Crippen molar-refractivity contribution in [1.82, 2.24) is 4.90 Å². The fourth-order valence-electron chi connectivity index (χ4n) is 2.56. The van der Waals surface area contributed by atoms with Gasteiger partial charge in [0.1, 0.15) is 5.75 Å². The molecular weight excluding hydrogens is 318 g/mol. The quantitative estimate of drug-likeness (QED) is 0.840. The van der Waals surface area contributed by atoms with Crippen molar-refractivity contribution in [3.63, 3.8) is 0 Å². The van der Waals surface area contributed by atoms with Gasteiger partial charge in [0.15, 0.2) is 9.84 Å². The van der Waals surface area contributed by atoms with Gasteiger partial charge in [-0.15, -0.1) is 0 Å². The summed E-state index contributed by atoms with van der Waals surface area (Å²) in [5.41, 5.74) is 1.62. The van der Waals surface area contributed by atoms with Crippen LogP contribution in [0.1, 0.15) is 25.0 Å². The monoisotopic (exact) mass is 341 g/mol. The van der Waals surface area contributed by atoms with E-state index in [9.17, 15) is 13.2 Å². The first-order valence-electron chi connectivity index (χ1n) is 7.68. The van der Waals surface area contributed by atoms with Gasteiger partial charge in [0.25, 0.3) is 0 Å². The zero-order valence-electron chi connectivity index (χ0n) is 13.5. The van der Waals surface area contributed by atoms with Crippen LogP contribution in [0, 0.1) is 0 Å². The second-order valence-electron chi connectivity index (χ2n) is 6.11. The third-order valence-corrected chi connectivity index (χ3v) is 5.28. The molecule has 1 N–H and O–H groups in total. The SMILES string of the molecule is CC(C)Oc1ccc(CC(=O)O)cc1CN1CCS(=O)(=O)CC1. The van der Waals surface area contributed by atoms with E-state index in [4.69, 9.17) is 9.84 Å². The lowest BCUT2D eigenvalue weighted by Crippen LogP contribution is -2.39. The largest absolute Gasteiger partial charge is 0.491 e. The number of carboxylic acid groups (broad SMARTS) is 1. The van der Waals surface area contributed by atoms with Crippen molar-refractivity contribution in [3.8, 4) is 5.75 Å². The number of carbonyl (C=O) groups is 1. The molecule has 0 aromatic heterocycles. The van der Waals surface area contributed by atoms with Gasteiger partial charge in [-0.25, -0.2) is 8.42 Å². The molecule has 0 spiro atoms. The van der Waals surface area contributed by atoms with Gasteiger partial charge in [-0.2, -0.15) is 0 Å². The Morgan fingerprint density at radius 1 is 1.30 bits per heavy atom. The standard InChI is InChI=1S/C16H23NO5S/c1-12(2)22-15-4-3-13(10-16(18)19)9-14(15)11-17-5-7-23(20,21)8-6-17/h3-4,9,12H,5-8,10-11H2,1-2H3,(H,18,19). The number of rotatable bonds is 6. The number of benzene rings is 1. The Balaban J connectivity index is 2.17. The van der Waals surface area contributed by atoms with Gasteiger partial charge in [-0.3, -0.25) is 9.69 Å². The van der Waals surface area contributed by atoms with E-state index in [1.165, 1.54) is 0 Å². The van der Waals surface area contributed by atoms with Gasteiger partial charge >= 0.3 is 5.97 Å². The first-order valence-corrected chi connectivity index (χ1v) is 9.50. The molecule has 7 heteroatoms. The van der Waals surface area contributed by atoms with Crippen LogP contribution in [0.25, 0.3) is 0 Å². The molecule has 6 nitrogen and oxygen atoms in total. The third kappa shape index (κ3) is 5.51. The summed E-state index contributed by atoms with van der Waals surface area (Å²) in [4.78, 5) is 13.0. The maximum absolute atomic E-state index is 11.5. The maximum atomic E-state index is 11.5. The Labute approximate surface area is 137 Å². The van der Waals surface area contributed by atoms with Gasteiger partial charge in [-0.1, -0.05) is 12.1 Å². The highest BCUT2D eigenvalue weighted by Gasteiger charge is 2.22. The summed E-state index contributed by atoms with van der Waals surface area (Å²) >= 11 is 0. The van der Waals surface area contributed by atoms with Gasteiger partial charge in [0.2, 0.25) is 0 Å². The first kappa shape index (κ1) is 17.7. The predicted molar refractivity (Wildman–Crippen MR) is 87.5 cm³/mol. The Morgan fingerprint density at radius 3 is 2.52 bits per heavy atom. The summed E-state index contributed by atoms with van der Waals surface area (Å²) in [6, 6.07) is 5.40. The van der Waals surface area contributed by atoms with Crippen molar-refractivity contribution in [2.24, 2.45) is 0 Å². The second kappa shape index (κ2) is 7.31.